The largest absolute Gasteiger partial charge is 0.345 e. The number of carbonyl (C=O) groups excluding carboxylic acids is 1. The quantitative estimate of drug-likeness (QED) is 0.442. The van der Waals surface area contributed by atoms with Gasteiger partial charge >= 0.3 is 0 Å². The first-order valence-corrected chi connectivity index (χ1v) is 13.2. The molecule has 0 radical (unpaired) electrons. The van der Waals surface area contributed by atoms with E-state index in [1.807, 2.05) is 21.7 Å². The predicted octanol–water partition coefficient (Wildman–Crippen LogP) is 4.42. The lowest BCUT2D eigenvalue weighted by Gasteiger charge is -2.21. The molecule has 0 saturated heterocycles. The second-order valence-electron chi connectivity index (χ2n) is 8.54. The Morgan fingerprint density at radius 2 is 1.85 bits per heavy atom. The molecule has 0 bridgehead atoms. The highest BCUT2D eigenvalue weighted by Gasteiger charge is 2.27. The van der Waals surface area contributed by atoms with Crippen molar-refractivity contribution in [3.63, 3.8) is 0 Å². The fourth-order valence-electron chi connectivity index (χ4n) is 4.16. The highest BCUT2D eigenvalue weighted by molar-refractivity contribution is 7.92. The summed E-state index contributed by atoms with van der Waals surface area (Å²) in [5.41, 5.74) is 2.85. The molecule has 0 saturated carbocycles. The van der Waals surface area contributed by atoms with Gasteiger partial charge in [-0.3, -0.25) is 14.6 Å². The molecule has 4 rings (SSSR count). The number of fused-ring (bicyclic) bond motifs is 3. The van der Waals surface area contributed by atoms with Gasteiger partial charge in [-0.25, -0.2) is 12.8 Å². The second-order valence-corrected chi connectivity index (χ2v) is 10.2. The molecule has 1 aliphatic heterocycles. The van der Waals surface area contributed by atoms with Crippen molar-refractivity contribution in [3.05, 3.63) is 53.5 Å². The average Bonchev–Trinajstić information content (AvgIpc) is 3.43. The number of unbranched alkanes of at least 4 members (excludes halogenated alkanes) is 2. The molecule has 1 aliphatic rings. The van der Waals surface area contributed by atoms with Gasteiger partial charge in [0.2, 0.25) is 0 Å². The van der Waals surface area contributed by atoms with Crippen molar-refractivity contribution >= 4 is 21.7 Å². The maximum Gasteiger partial charge on any atom is 0.263 e. The molecule has 0 aliphatic carbocycles. The Bertz CT molecular complexity index is 1260. The summed E-state index contributed by atoms with van der Waals surface area (Å²) in [5.74, 6) is -0.278. The van der Waals surface area contributed by atoms with Crippen LogP contribution in [0, 0.1) is 5.82 Å². The molecule has 10 heteroatoms. The maximum absolute atomic E-state index is 13.2. The van der Waals surface area contributed by atoms with Gasteiger partial charge in [0.25, 0.3) is 15.9 Å². The molecule has 182 valence electrons. The van der Waals surface area contributed by atoms with Crippen LogP contribution in [0.1, 0.15) is 55.5 Å². The number of halogens is 1. The molecule has 3 heterocycles. The summed E-state index contributed by atoms with van der Waals surface area (Å²) in [7, 11) is -3.91. The number of amides is 1. The van der Waals surface area contributed by atoms with Crippen molar-refractivity contribution in [3.8, 4) is 11.4 Å². The first-order chi connectivity index (χ1) is 16.3. The smallest absolute Gasteiger partial charge is 0.263 e. The van der Waals surface area contributed by atoms with Gasteiger partial charge in [0.1, 0.15) is 5.82 Å². The Morgan fingerprint density at radius 3 is 2.50 bits per heavy atom. The Hall–Kier alpha value is -3.14. The molecule has 1 aromatic carbocycles. The van der Waals surface area contributed by atoms with E-state index in [4.69, 9.17) is 0 Å². The van der Waals surface area contributed by atoms with Crippen LogP contribution in [0.25, 0.3) is 11.4 Å². The van der Waals surface area contributed by atoms with Crippen LogP contribution in [0.3, 0.4) is 0 Å². The van der Waals surface area contributed by atoms with E-state index in [9.17, 15) is 17.6 Å². The molecule has 2 aromatic heterocycles. The van der Waals surface area contributed by atoms with E-state index in [1.165, 1.54) is 12.1 Å². The number of nitrogens with zero attached hydrogens (tertiary/aromatic N) is 3. The third-order valence-corrected chi connectivity index (χ3v) is 7.43. The topological polar surface area (TPSA) is 100 Å². The third kappa shape index (κ3) is 4.86. The van der Waals surface area contributed by atoms with Crippen LogP contribution < -0.4 is 4.72 Å². The van der Waals surface area contributed by atoms with Gasteiger partial charge in [-0.15, -0.1) is 0 Å². The lowest BCUT2D eigenvalue weighted by molar-refractivity contribution is 0.0751. The van der Waals surface area contributed by atoms with E-state index in [-0.39, 0.29) is 16.6 Å². The summed E-state index contributed by atoms with van der Waals surface area (Å²) in [5, 5.41) is 7.13. The summed E-state index contributed by atoms with van der Waals surface area (Å²) in [6.45, 7) is 6.30. The fourth-order valence-corrected chi connectivity index (χ4v) is 5.19. The lowest BCUT2D eigenvalue weighted by atomic mass is 10.1. The molecule has 34 heavy (non-hydrogen) atoms. The normalized spacial score (nSPS) is 12.8. The molecule has 0 unspecified atom stereocenters. The minimum atomic E-state index is -3.91. The van der Waals surface area contributed by atoms with Gasteiger partial charge in [-0.2, -0.15) is 5.10 Å². The zero-order valence-electron chi connectivity index (χ0n) is 19.5. The van der Waals surface area contributed by atoms with Crippen LogP contribution in [0.15, 0.2) is 41.4 Å². The molecule has 0 atom stereocenters. The lowest BCUT2D eigenvalue weighted by Crippen LogP contribution is -2.32. The Balaban J connectivity index is 1.58. The number of anilines is 1. The van der Waals surface area contributed by atoms with E-state index < -0.39 is 15.8 Å². The van der Waals surface area contributed by atoms with Gasteiger partial charge in [0, 0.05) is 31.4 Å². The van der Waals surface area contributed by atoms with Crippen molar-refractivity contribution in [1.29, 1.82) is 0 Å². The first-order valence-electron chi connectivity index (χ1n) is 11.7. The summed E-state index contributed by atoms with van der Waals surface area (Å²) in [6.07, 6.45) is 6.40. The van der Waals surface area contributed by atoms with Gasteiger partial charge in [0.15, 0.2) is 5.82 Å². The van der Waals surface area contributed by atoms with Gasteiger partial charge in [0.05, 0.1) is 21.8 Å². The van der Waals surface area contributed by atoms with Crippen LogP contribution in [0.5, 0.6) is 0 Å². The molecule has 8 nitrogen and oxygen atoms in total. The number of benzene rings is 1. The highest BCUT2D eigenvalue weighted by Crippen LogP contribution is 2.34. The van der Waals surface area contributed by atoms with E-state index >= 15 is 0 Å². The third-order valence-electron chi connectivity index (χ3n) is 6.07. The zero-order chi connectivity index (χ0) is 24.3. The van der Waals surface area contributed by atoms with E-state index in [0.29, 0.717) is 24.2 Å². The van der Waals surface area contributed by atoms with Gasteiger partial charge in [-0.1, -0.05) is 26.7 Å². The minimum Gasteiger partial charge on any atom is -0.345 e. The maximum atomic E-state index is 13.2. The summed E-state index contributed by atoms with van der Waals surface area (Å²) in [6, 6.07) is 6.47. The summed E-state index contributed by atoms with van der Waals surface area (Å²) in [4.78, 5) is 15.1. The number of aromatic amines is 1. The summed E-state index contributed by atoms with van der Waals surface area (Å²) >= 11 is 0. The van der Waals surface area contributed by atoms with Crippen LogP contribution in [-0.2, 0) is 23.0 Å². The number of rotatable bonds is 10. The molecule has 2 N–H and O–H groups in total. The minimum absolute atomic E-state index is 0.0158. The molecule has 3 aromatic rings. The summed E-state index contributed by atoms with van der Waals surface area (Å²) < 4.78 is 43.2. The van der Waals surface area contributed by atoms with Gasteiger partial charge < -0.3 is 9.47 Å². The van der Waals surface area contributed by atoms with Crippen molar-refractivity contribution in [2.45, 2.75) is 57.4 Å². The van der Waals surface area contributed by atoms with Crippen LogP contribution in [-0.4, -0.2) is 47.1 Å². The van der Waals surface area contributed by atoms with Crippen molar-refractivity contribution in [2.24, 2.45) is 0 Å². The number of carbonyl (C=O) groups is 1. The standard InChI is InChI=1S/C24H30FN5O3S/c1-3-5-12-29(13-6-4-2)24(31)17-15-21-22-20(11-14-30(21)16-17)23(27-26-22)28-34(32,33)19-9-7-18(25)8-10-19/h7-10,15-16H,3-6,11-14H2,1-2H3,(H2,26,27,28). The fraction of sp³-hybridized carbons (Fsp3) is 0.417. The molecular formula is C24H30FN5O3S. The van der Waals surface area contributed by atoms with Crippen LogP contribution in [0.4, 0.5) is 10.2 Å². The van der Waals surface area contributed by atoms with E-state index in [0.717, 1.165) is 62.2 Å². The predicted molar refractivity (Wildman–Crippen MR) is 129 cm³/mol. The van der Waals surface area contributed by atoms with Crippen molar-refractivity contribution in [2.75, 3.05) is 17.8 Å². The number of sulfonamides is 1. The van der Waals surface area contributed by atoms with E-state index in [2.05, 4.69) is 28.8 Å². The number of nitrogens with one attached hydrogen (secondary N) is 2. The molecular weight excluding hydrogens is 457 g/mol. The van der Waals surface area contributed by atoms with Crippen LogP contribution >= 0.6 is 0 Å². The Kier molecular flexibility index (Phi) is 7.06. The van der Waals surface area contributed by atoms with Crippen molar-refractivity contribution < 1.29 is 17.6 Å². The SMILES string of the molecule is CCCCN(CCCC)C(=O)c1cc2n(c1)CCc1c(NS(=O)(=O)c3ccc(F)cc3)n[nH]c1-2. The number of aryl methyl sites for hydroxylation is 1. The second kappa shape index (κ2) is 10.0. The van der Waals surface area contributed by atoms with Gasteiger partial charge in [-0.05, 0) is 49.6 Å². The number of aromatic nitrogens is 3. The van der Waals surface area contributed by atoms with E-state index in [1.54, 1.807) is 0 Å². The number of hydrogen-bond acceptors (Lipinski definition) is 4. The monoisotopic (exact) mass is 487 g/mol. The Morgan fingerprint density at radius 1 is 1.18 bits per heavy atom. The number of H-pyrrole nitrogens is 1. The Labute approximate surface area is 199 Å². The molecule has 0 spiro atoms. The number of hydrogen-bond donors (Lipinski definition) is 2. The zero-order valence-corrected chi connectivity index (χ0v) is 20.3. The molecule has 0 fully saturated rings. The van der Waals surface area contributed by atoms with Crippen molar-refractivity contribution in [1.82, 2.24) is 19.7 Å². The molecule has 1 amide bonds. The first kappa shape index (κ1) is 24.0. The van der Waals surface area contributed by atoms with Crippen LogP contribution in [0.2, 0.25) is 0 Å². The highest BCUT2D eigenvalue weighted by atomic mass is 32.2. The average molecular weight is 488 g/mol.